The minimum absolute atomic E-state index is 0.0389. The Morgan fingerprint density at radius 1 is 1.08 bits per heavy atom. The molecule has 4 aliphatic carbocycles. The molecule has 24 heavy (non-hydrogen) atoms. The lowest BCUT2D eigenvalue weighted by atomic mass is 9.47. The Bertz CT molecular complexity index is 582. The Labute approximate surface area is 145 Å². The van der Waals surface area contributed by atoms with E-state index in [2.05, 4.69) is 19.9 Å². The van der Waals surface area contributed by atoms with E-state index in [1.165, 1.54) is 6.42 Å². The van der Waals surface area contributed by atoms with Crippen LogP contribution in [0.25, 0.3) is 0 Å². The maximum absolute atomic E-state index is 12.2. The average molecular weight is 332 g/mol. The van der Waals surface area contributed by atoms with Gasteiger partial charge in [0.2, 0.25) is 0 Å². The summed E-state index contributed by atoms with van der Waals surface area (Å²) in [7, 11) is 0. The van der Waals surface area contributed by atoms with Gasteiger partial charge in [0.15, 0.2) is 0 Å². The average Bonchev–Trinajstić information content (AvgIpc) is 2.89. The van der Waals surface area contributed by atoms with Crippen LogP contribution in [0.1, 0.15) is 65.7 Å². The summed E-state index contributed by atoms with van der Waals surface area (Å²) in [5.74, 6) is 2.52. The molecule has 4 rings (SSSR count). The zero-order valence-electron chi connectivity index (χ0n) is 15.3. The molecule has 0 aromatic heterocycles. The third-order valence-electron chi connectivity index (χ3n) is 8.66. The van der Waals surface area contributed by atoms with Gasteiger partial charge in [-0.25, -0.2) is 0 Å². The van der Waals surface area contributed by atoms with Crippen LogP contribution in [0.15, 0.2) is 11.6 Å². The highest BCUT2D eigenvalue weighted by molar-refractivity contribution is 5.79. The molecule has 8 atom stereocenters. The molecule has 0 radical (unpaired) electrons. The van der Waals surface area contributed by atoms with Crippen molar-refractivity contribution in [2.45, 2.75) is 77.9 Å². The van der Waals surface area contributed by atoms with Gasteiger partial charge in [-0.3, -0.25) is 4.79 Å². The van der Waals surface area contributed by atoms with E-state index in [1.807, 2.05) is 0 Å². The number of hydrogen-bond donors (Lipinski definition) is 2. The fourth-order valence-electron chi connectivity index (χ4n) is 7.39. The van der Waals surface area contributed by atoms with Crippen LogP contribution in [0, 0.1) is 34.5 Å². The normalized spacial score (nSPS) is 53.6. The maximum Gasteiger partial charge on any atom is 0.133 e. The lowest BCUT2D eigenvalue weighted by molar-refractivity contribution is -0.128. The van der Waals surface area contributed by atoms with Gasteiger partial charge in [-0.05, 0) is 86.0 Å². The highest BCUT2D eigenvalue weighted by atomic mass is 16.3. The zero-order valence-corrected chi connectivity index (χ0v) is 15.3. The van der Waals surface area contributed by atoms with Gasteiger partial charge in [0.05, 0.1) is 6.10 Å². The molecular formula is C21H32O3. The molecule has 3 fully saturated rings. The van der Waals surface area contributed by atoms with Crippen LogP contribution < -0.4 is 0 Å². The Morgan fingerprint density at radius 2 is 1.83 bits per heavy atom. The molecule has 0 aromatic carbocycles. The smallest absolute Gasteiger partial charge is 0.133 e. The molecule has 8 unspecified atom stereocenters. The van der Waals surface area contributed by atoms with Crippen molar-refractivity contribution in [3.63, 3.8) is 0 Å². The van der Waals surface area contributed by atoms with Crippen LogP contribution in [0.2, 0.25) is 0 Å². The van der Waals surface area contributed by atoms with Crippen molar-refractivity contribution in [1.82, 2.24) is 0 Å². The van der Waals surface area contributed by atoms with Gasteiger partial charge in [-0.15, -0.1) is 0 Å². The van der Waals surface area contributed by atoms with Crippen LogP contribution in [0.4, 0.5) is 0 Å². The van der Waals surface area contributed by atoms with E-state index in [0.29, 0.717) is 30.0 Å². The Kier molecular flexibility index (Phi) is 3.78. The fraction of sp³-hybridized carbons (Fsp3) is 0.857. The van der Waals surface area contributed by atoms with Crippen LogP contribution in [-0.2, 0) is 4.79 Å². The summed E-state index contributed by atoms with van der Waals surface area (Å²) in [6.45, 7) is 6.47. The Balaban J connectivity index is 1.68. The van der Waals surface area contributed by atoms with Crippen molar-refractivity contribution >= 4 is 5.78 Å². The SMILES string of the molecule is CC(=O)C1CCC2C3CC=C4C(O)C(O)CCC4(C)C3CCC12C. The number of carbonyl (C=O) groups excluding carboxylic acids is 1. The molecule has 0 aromatic rings. The van der Waals surface area contributed by atoms with E-state index >= 15 is 0 Å². The van der Waals surface area contributed by atoms with Crippen molar-refractivity contribution in [3.05, 3.63) is 11.6 Å². The molecule has 0 heterocycles. The molecule has 0 saturated heterocycles. The highest BCUT2D eigenvalue weighted by Crippen LogP contribution is 2.66. The summed E-state index contributed by atoms with van der Waals surface area (Å²) in [4.78, 5) is 12.2. The van der Waals surface area contributed by atoms with Crippen LogP contribution in [-0.4, -0.2) is 28.2 Å². The van der Waals surface area contributed by atoms with Gasteiger partial charge >= 0.3 is 0 Å². The first-order valence-corrected chi connectivity index (χ1v) is 9.86. The second kappa shape index (κ2) is 5.41. The maximum atomic E-state index is 12.2. The van der Waals surface area contributed by atoms with Gasteiger partial charge < -0.3 is 10.2 Å². The van der Waals surface area contributed by atoms with Crippen LogP contribution >= 0.6 is 0 Å². The van der Waals surface area contributed by atoms with Gasteiger partial charge in [-0.1, -0.05) is 19.9 Å². The van der Waals surface area contributed by atoms with Gasteiger partial charge in [0.25, 0.3) is 0 Å². The summed E-state index contributed by atoms with van der Waals surface area (Å²) in [6.07, 6.45) is 8.25. The molecule has 0 aliphatic heterocycles. The minimum Gasteiger partial charge on any atom is -0.390 e. The van der Waals surface area contributed by atoms with E-state index in [1.54, 1.807) is 6.92 Å². The molecule has 4 aliphatic rings. The first kappa shape index (κ1) is 16.8. The molecule has 3 nitrogen and oxygen atoms in total. The summed E-state index contributed by atoms with van der Waals surface area (Å²) in [5.41, 5.74) is 1.32. The predicted molar refractivity (Wildman–Crippen MR) is 93.3 cm³/mol. The number of ketones is 1. The molecule has 134 valence electrons. The predicted octanol–water partition coefficient (Wildman–Crippen LogP) is 3.49. The standard InChI is InChI=1S/C21H32O3/c1-12(22)14-6-7-15-13-4-5-17-19(24)18(23)9-11-21(17,3)16(13)8-10-20(14,15)2/h5,13-16,18-19,23-24H,4,6-11H2,1-3H3. The molecular weight excluding hydrogens is 300 g/mol. The first-order valence-electron chi connectivity index (χ1n) is 9.86. The van der Waals surface area contributed by atoms with Crippen LogP contribution in [0.3, 0.4) is 0 Å². The van der Waals surface area contributed by atoms with Crippen molar-refractivity contribution < 1.29 is 15.0 Å². The number of fused-ring (bicyclic) bond motifs is 5. The number of hydrogen-bond acceptors (Lipinski definition) is 3. The van der Waals surface area contributed by atoms with E-state index in [4.69, 9.17) is 0 Å². The van der Waals surface area contributed by atoms with E-state index in [0.717, 1.165) is 37.7 Å². The highest BCUT2D eigenvalue weighted by Gasteiger charge is 2.60. The first-order chi connectivity index (χ1) is 11.3. The molecule has 2 N–H and O–H groups in total. The number of carbonyl (C=O) groups is 1. The molecule has 0 amide bonds. The van der Waals surface area contributed by atoms with Crippen molar-refractivity contribution in [1.29, 1.82) is 0 Å². The third kappa shape index (κ3) is 2.07. The number of Topliss-reactive ketones (excluding diaryl/α,β-unsaturated/α-hetero) is 1. The lowest BCUT2D eigenvalue weighted by Gasteiger charge is -2.58. The van der Waals surface area contributed by atoms with E-state index in [-0.39, 0.29) is 16.7 Å². The minimum atomic E-state index is -0.674. The largest absolute Gasteiger partial charge is 0.390 e. The second-order valence-electron chi connectivity index (χ2n) is 9.53. The summed E-state index contributed by atoms with van der Waals surface area (Å²) in [6, 6.07) is 0. The number of aliphatic hydroxyl groups excluding tert-OH is 2. The molecule has 0 bridgehead atoms. The van der Waals surface area contributed by atoms with Crippen molar-refractivity contribution in [2.75, 3.05) is 0 Å². The monoisotopic (exact) mass is 332 g/mol. The number of rotatable bonds is 1. The molecule has 3 heteroatoms. The molecule has 0 spiro atoms. The number of aliphatic hydroxyl groups is 2. The van der Waals surface area contributed by atoms with Crippen molar-refractivity contribution in [3.8, 4) is 0 Å². The summed E-state index contributed by atoms with van der Waals surface area (Å²) < 4.78 is 0. The molecule has 3 saturated carbocycles. The van der Waals surface area contributed by atoms with E-state index in [9.17, 15) is 15.0 Å². The Morgan fingerprint density at radius 3 is 2.54 bits per heavy atom. The Hall–Kier alpha value is -0.670. The van der Waals surface area contributed by atoms with E-state index < -0.39 is 12.2 Å². The van der Waals surface area contributed by atoms with Crippen molar-refractivity contribution in [2.24, 2.45) is 34.5 Å². The van der Waals surface area contributed by atoms with Gasteiger partial charge in [0.1, 0.15) is 11.9 Å². The summed E-state index contributed by atoms with van der Waals surface area (Å²) >= 11 is 0. The van der Waals surface area contributed by atoms with Crippen LogP contribution in [0.5, 0.6) is 0 Å². The lowest BCUT2D eigenvalue weighted by Crippen LogP contribution is -2.53. The summed E-state index contributed by atoms with van der Waals surface area (Å²) in [5, 5.41) is 20.6. The fourth-order valence-corrected chi connectivity index (χ4v) is 7.39. The van der Waals surface area contributed by atoms with Gasteiger partial charge in [0, 0.05) is 5.92 Å². The third-order valence-corrected chi connectivity index (χ3v) is 8.66. The quantitative estimate of drug-likeness (QED) is 0.723. The topological polar surface area (TPSA) is 57.5 Å². The zero-order chi connectivity index (χ0) is 17.3. The second-order valence-corrected chi connectivity index (χ2v) is 9.53. The number of allylic oxidation sites excluding steroid dienone is 1. The van der Waals surface area contributed by atoms with Gasteiger partial charge in [-0.2, -0.15) is 0 Å².